The Morgan fingerprint density at radius 1 is 0.183 bits per heavy atom. The van der Waals surface area contributed by atoms with Crippen LogP contribution in [0.25, 0.3) is 0 Å². The molecule has 0 radical (unpaired) electrons. The number of benzene rings is 6. The van der Waals surface area contributed by atoms with Crippen LogP contribution in [0, 0.1) is 0 Å². The van der Waals surface area contributed by atoms with Crippen LogP contribution < -0.4 is 28.4 Å². The lowest BCUT2D eigenvalue weighted by Crippen LogP contribution is -2.10. The molecule has 0 fully saturated rings. The zero-order valence-corrected chi connectivity index (χ0v) is 83.8. The van der Waals surface area contributed by atoms with Crippen LogP contribution in [0.4, 0.5) is 0 Å². The molecule has 6 aromatic rings. The van der Waals surface area contributed by atoms with E-state index in [-0.39, 0.29) is 0 Å². The lowest BCUT2D eigenvalue weighted by molar-refractivity contribution is 0.395. The SMILES string of the molecule is CCCCP(=O)(CCCC)Cc1cc2c(OC)c(c1)Cc1cc(CP(=O)(CCCC)CCCC)cc(c1OC)Cc1cc(CP(=O)(CCCC)CCCC)cc(c1OC)Cc1cc(CP(=O)(CCCC)CCCC)cc(c1OC)Cc1cc(CP(=O)(CCCC)CCCC)cc(c1OC)Cc1cc(CP(=O)(CCCC)CCCC)cc(c1OC)C2. The number of hydrogen-bond acceptors (Lipinski definition) is 12. The van der Waals surface area contributed by atoms with Crippen molar-refractivity contribution in [2.45, 2.75) is 313 Å². The Bertz CT molecular complexity index is 3560. The minimum absolute atomic E-state index is 0.363. The molecular weight excluding hydrogens is 1600 g/mol. The summed E-state index contributed by atoms with van der Waals surface area (Å²) in [6.07, 6.45) is 34.5. The Balaban J connectivity index is 1.77. The van der Waals surface area contributed by atoms with Crippen molar-refractivity contribution in [3.05, 3.63) is 173 Å². The van der Waals surface area contributed by atoms with Crippen LogP contribution in [-0.4, -0.2) is 117 Å². The molecule has 0 spiro atoms. The Morgan fingerprint density at radius 3 is 0.350 bits per heavy atom. The van der Waals surface area contributed by atoms with Gasteiger partial charge in [-0.25, -0.2) is 0 Å². The first-order valence-electron chi connectivity index (χ1n) is 47.2. The van der Waals surface area contributed by atoms with E-state index < -0.39 is 42.9 Å². The molecule has 0 atom stereocenters. The van der Waals surface area contributed by atoms with Crippen molar-refractivity contribution in [3.8, 4) is 34.5 Å². The molecule has 0 saturated heterocycles. The van der Waals surface area contributed by atoms with Crippen molar-refractivity contribution in [1.82, 2.24) is 0 Å². The van der Waals surface area contributed by atoms with E-state index in [0.29, 0.717) is 184 Å². The number of unbranched alkanes of at least 4 members (excludes halogenated alkanes) is 12. The van der Waals surface area contributed by atoms with Gasteiger partial charge in [0.2, 0.25) is 0 Å². The van der Waals surface area contributed by atoms with Crippen LogP contribution in [0.2, 0.25) is 0 Å². The molecule has 0 amide bonds. The zero-order chi connectivity index (χ0) is 87.5. The molecule has 0 saturated carbocycles. The van der Waals surface area contributed by atoms with E-state index in [1.165, 1.54) is 0 Å². The topological polar surface area (TPSA) is 158 Å². The van der Waals surface area contributed by atoms with Gasteiger partial charge in [0.1, 0.15) is 34.5 Å². The third-order valence-electron chi connectivity index (χ3n) is 25.2. The quantitative estimate of drug-likeness (QED) is 0.0333. The molecule has 0 aliphatic heterocycles. The molecule has 1 aliphatic carbocycles. The van der Waals surface area contributed by atoms with Gasteiger partial charge in [-0.2, -0.15) is 0 Å². The Labute approximate surface area is 730 Å². The Kier molecular flexibility index (Phi) is 43.9. The number of fused-ring (bicyclic) bond motifs is 12. The second kappa shape index (κ2) is 51.3. The molecule has 672 valence electrons. The number of hydrogen-bond donors (Lipinski definition) is 0. The maximum Gasteiger partial charge on any atom is 0.125 e. The summed E-state index contributed by atoms with van der Waals surface area (Å²) in [6, 6.07) is 27.1. The van der Waals surface area contributed by atoms with E-state index in [9.17, 15) is 0 Å². The van der Waals surface area contributed by atoms with Gasteiger partial charge in [-0.3, -0.25) is 0 Å². The predicted molar refractivity (Wildman–Crippen MR) is 520 cm³/mol. The molecule has 18 heteroatoms. The summed E-state index contributed by atoms with van der Waals surface area (Å²) in [7, 11) is -6.09. The summed E-state index contributed by atoms with van der Waals surface area (Å²) in [5, 5.41) is 0. The third-order valence-corrected chi connectivity index (χ3v) is 44.4. The van der Waals surface area contributed by atoms with Crippen LogP contribution in [0.15, 0.2) is 72.8 Å². The normalized spacial score (nSPS) is 13.2. The van der Waals surface area contributed by atoms with Crippen LogP contribution in [0.3, 0.4) is 0 Å². The molecule has 0 unspecified atom stereocenters. The second-order valence-corrected chi connectivity index (χ2v) is 55.9. The van der Waals surface area contributed by atoms with Crippen LogP contribution in [0.5, 0.6) is 34.5 Å². The van der Waals surface area contributed by atoms with Crippen molar-refractivity contribution < 1.29 is 55.8 Å². The van der Waals surface area contributed by atoms with E-state index in [4.69, 9.17) is 28.4 Å². The van der Waals surface area contributed by atoms with Gasteiger partial charge in [0.15, 0.2) is 0 Å². The maximum absolute atomic E-state index is 15.9. The number of rotatable bonds is 54. The van der Waals surface area contributed by atoms with Crippen LogP contribution >= 0.6 is 42.9 Å². The smallest absolute Gasteiger partial charge is 0.125 e. The van der Waals surface area contributed by atoms with Gasteiger partial charge >= 0.3 is 0 Å². The molecule has 1 aliphatic rings. The highest BCUT2D eigenvalue weighted by Gasteiger charge is 2.34. The third kappa shape index (κ3) is 30.4. The fourth-order valence-electron chi connectivity index (χ4n) is 18.9. The van der Waals surface area contributed by atoms with Gasteiger partial charge in [-0.05, 0) is 177 Å². The summed E-state index contributed by atoms with van der Waals surface area (Å²) in [5.41, 5.74) is 16.9. The van der Waals surface area contributed by atoms with Crippen LogP contribution in [0.1, 0.15) is 337 Å². The van der Waals surface area contributed by atoms with Gasteiger partial charge in [-0.1, -0.05) is 233 Å². The van der Waals surface area contributed by atoms with E-state index in [1.807, 2.05) is 0 Å². The predicted octanol–water partition coefficient (Wildman–Crippen LogP) is 30.4. The fourth-order valence-corrected chi connectivity index (χ4v) is 37.9. The Morgan fingerprint density at radius 2 is 0.275 bits per heavy atom. The zero-order valence-electron chi connectivity index (χ0n) is 78.5. The highest BCUT2D eigenvalue weighted by atomic mass is 31.2. The van der Waals surface area contributed by atoms with Crippen molar-refractivity contribution >= 4 is 42.9 Å². The van der Waals surface area contributed by atoms with E-state index in [1.54, 1.807) is 42.7 Å². The van der Waals surface area contributed by atoms with Gasteiger partial charge in [0.25, 0.3) is 0 Å². The Hall–Kier alpha value is -4.50. The van der Waals surface area contributed by atoms with Crippen molar-refractivity contribution in [3.63, 3.8) is 0 Å². The van der Waals surface area contributed by atoms with E-state index in [2.05, 4.69) is 156 Å². The average molecular weight is 1770 g/mol. The summed E-state index contributed by atoms with van der Waals surface area (Å²) in [6.45, 7) is 26.2. The standard InChI is InChI=1S/C102H162O12P6/c1-19-31-43-115(103,44-32-20-2)73-79-55-85-67-87-57-80(74-116(104,45-33-21-3)46-34-22-4)59-89(98(87)110-14)69-91-61-82(76-118(106,49-37-25-7)50-38-26-8)63-93(100(91)112-16)71-95-65-84(78-120(108,53-41-29-11)54-42-30-12)66-96(102(95)114-18)72-94-64-83(77-119(107,51-39-27-9)52-40-28-10)62-92(101(94)113-17)70-90-60-81(75-117(105,47-35-23-5)48-36-24-6)58-88(99(90)111-15)68-86(56-79)97(85)109-13/h55-66H,19-54,67-78H2,1-18H3. The summed E-state index contributed by atoms with van der Waals surface area (Å²) < 4.78 is 137. The van der Waals surface area contributed by atoms with Gasteiger partial charge in [-0.15, -0.1) is 0 Å². The van der Waals surface area contributed by atoms with Gasteiger partial charge < -0.3 is 55.8 Å². The van der Waals surface area contributed by atoms with Crippen LogP contribution in [-0.2, 0) is 103 Å². The number of methoxy groups -OCH3 is 6. The highest BCUT2D eigenvalue weighted by molar-refractivity contribution is 7.64. The van der Waals surface area contributed by atoms with Gasteiger partial charge in [0, 0.05) is 149 Å². The van der Waals surface area contributed by atoms with Crippen molar-refractivity contribution in [2.75, 3.05) is 117 Å². The molecule has 0 N–H and O–H groups in total. The summed E-state index contributed by atoms with van der Waals surface area (Å²) in [5.74, 6) is 4.23. The molecule has 6 aromatic carbocycles. The first-order valence-corrected chi connectivity index (χ1v) is 60.8. The van der Waals surface area contributed by atoms with Crippen molar-refractivity contribution in [2.24, 2.45) is 0 Å². The van der Waals surface area contributed by atoms with E-state index >= 15 is 27.4 Å². The monoisotopic (exact) mass is 1770 g/mol. The lowest BCUT2D eigenvalue weighted by Gasteiger charge is -2.25. The highest BCUT2D eigenvalue weighted by Crippen LogP contribution is 2.58. The molecular formula is C102H162O12P6. The average Bonchev–Trinajstić information content (AvgIpc) is 0.777. The molecule has 0 heterocycles. The minimum Gasteiger partial charge on any atom is -0.496 e. The summed E-state index contributed by atoms with van der Waals surface area (Å²) in [4.78, 5) is 0. The minimum atomic E-state index is -2.78. The number of ether oxygens (including phenoxy) is 6. The van der Waals surface area contributed by atoms with E-state index in [0.717, 1.165) is 254 Å². The van der Waals surface area contributed by atoms with Gasteiger partial charge in [0.05, 0.1) is 85.5 Å². The molecule has 7 rings (SSSR count). The second-order valence-electron chi connectivity index (χ2n) is 36.0. The lowest BCUT2D eigenvalue weighted by atomic mass is 9.88. The first kappa shape index (κ1) is 103. The first-order chi connectivity index (χ1) is 57.7. The van der Waals surface area contributed by atoms with Crippen molar-refractivity contribution in [1.29, 1.82) is 0 Å². The molecule has 12 bridgehead atoms. The maximum atomic E-state index is 15.9. The fraction of sp³-hybridized carbons (Fsp3) is 0.647. The molecule has 12 nitrogen and oxygen atoms in total. The molecule has 0 aromatic heterocycles. The summed E-state index contributed by atoms with van der Waals surface area (Å²) >= 11 is 0. The largest absolute Gasteiger partial charge is 0.496 e. The molecule has 120 heavy (non-hydrogen) atoms.